The molecule has 1 fully saturated rings. The number of nitrogens with zero attached hydrogens (tertiary/aromatic N) is 1. The van der Waals surface area contributed by atoms with Gasteiger partial charge in [-0.05, 0) is 49.2 Å². The summed E-state index contributed by atoms with van der Waals surface area (Å²) >= 11 is 0. The summed E-state index contributed by atoms with van der Waals surface area (Å²) in [7, 11) is 0. The van der Waals surface area contributed by atoms with Gasteiger partial charge in [-0.3, -0.25) is 9.78 Å². The van der Waals surface area contributed by atoms with Crippen molar-refractivity contribution in [2.75, 3.05) is 17.2 Å². The average Bonchev–Trinajstić information content (AvgIpc) is 2.96. The predicted molar refractivity (Wildman–Crippen MR) is 87.0 cm³/mol. The molecule has 1 aliphatic carbocycles. The molecule has 23 heavy (non-hydrogen) atoms. The highest BCUT2D eigenvalue weighted by molar-refractivity contribution is 5.99. The van der Waals surface area contributed by atoms with Crippen LogP contribution in [0.1, 0.15) is 30.7 Å². The third kappa shape index (κ3) is 2.36. The van der Waals surface area contributed by atoms with E-state index in [1.165, 1.54) is 12.1 Å². The molecule has 0 atom stereocenters. The van der Waals surface area contributed by atoms with Crippen molar-refractivity contribution in [3.8, 4) is 0 Å². The predicted octanol–water partition coefficient (Wildman–Crippen LogP) is 3.25. The number of amides is 1. The van der Waals surface area contributed by atoms with Gasteiger partial charge in [-0.2, -0.15) is 0 Å². The van der Waals surface area contributed by atoms with Crippen molar-refractivity contribution in [3.05, 3.63) is 53.6 Å². The average molecular weight is 311 g/mol. The first-order chi connectivity index (χ1) is 11.2. The summed E-state index contributed by atoms with van der Waals surface area (Å²) < 4.78 is 13.0. The van der Waals surface area contributed by atoms with E-state index in [0.29, 0.717) is 5.69 Å². The first-order valence-corrected chi connectivity index (χ1v) is 7.99. The summed E-state index contributed by atoms with van der Waals surface area (Å²) in [6.07, 6.45) is 3.53. The van der Waals surface area contributed by atoms with E-state index in [4.69, 9.17) is 4.98 Å². The molecular formula is C18H18FN3O. The van der Waals surface area contributed by atoms with Crippen molar-refractivity contribution < 1.29 is 9.18 Å². The third-order valence-corrected chi connectivity index (χ3v) is 4.89. The summed E-state index contributed by atoms with van der Waals surface area (Å²) in [5.41, 5.74) is 3.04. The van der Waals surface area contributed by atoms with E-state index in [1.54, 1.807) is 12.1 Å². The van der Waals surface area contributed by atoms with Crippen molar-refractivity contribution in [3.63, 3.8) is 0 Å². The Kier molecular flexibility index (Phi) is 3.29. The summed E-state index contributed by atoms with van der Waals surface area (Å²) in [5.74, 6) is -0.358. The summed E-state index contributed by atoms with van der Waals surface area (Å²) in [6.45, 7) is 0.903. The van der Waals surface area contributed by atoms with Gasteiger partial charge in [0.25, 0.3) is 0 Å². The van der Waals surface area contributed by atoms with Gasteiger partial charge in [0.1, 0.15) is 5.82 Å². The van der Waals surface area contributed by atoms with Crippen LogP contribution in [0.5, 0.6) is 0 Å². The zero-order valence-corrected chi connectivity index (χ0v) is 12.7. The fraction of sp³-hybridized carbons (Fsp3) is 0.333. The molecule has 2 N–H and O–H groups in total. The quantitative estimate of drug-likeness (QED) is 0.915. The first kappa shape index (κ1) is 14.2. The Morgan fingerprint density at radius 1 is 1.17 bits per heavy atom. The largest absolute Gasteiger partial charge is 0.383 e. The number of rotatable bonds is 3. The van der Waals surface area contributed by atoms with Gasteiger partial charge in [0, 0.05) is 18.7 Å². The molecule has 0 saturated heterocycles. The Balaban J connectivity index is 1.61. The number of benzene rings is 1. The lowest BCUT2D eigenvalue weighted by atomic mass is 9.65. The van der Waals surface area contributed by atoms with Crippen LogP contribution in [0.15, 0.2) is 36.4 Å². The molecule has 1 aromatic carbocycles. The van der Waals surface area contributed by atoms with Crippen LogP contribution in [0.4, 0.5) is 15.8 Å². The number of fused-ring (bicyclic) bond motifs is 1. The molecule has 118 valence electrons. The van der Waals surface area contributed by atoms with E-state index < -0.39 is 5.41 Å². The Morgan fingerprint density at radius 3 is 2.65 bits per heavy atom. The van der Waals surface area contributed by atoms with E-state index in [0.717, 1.165) is 49.3 Å². The van der Waals surface area contributed by atoms with E-state index in [9.17, 15) is 9.18 Å². The zero-order chi connectivity index (χ0) is 15.9. The monoisotopic (exact) mass is 311 g/mol. The number of carbonyl (C=O) groups is 1. The standard InChI is InChI=1S/C18H18FN3O/c19-12-2-4-13(5-3-12)21-17(23)18(9-1-10-18)16-7-6-14-15(22-16)8-11-20-14/h2-7,20H,1,8-11H2,(H,21,23). The highest BCUT2D eigenvalue weighted by atomic mass is 19.1. The molecule has 1 aliphatic heterocycles. The van der Waals surface area contributed by atoms with Crippen LogP contribution in [0.2, 0.25) is 0 Å². The number of hydrogen-bond acceptors (Lipinski definition) is 3. The molecule has 2 aliphatic rings. The molecule has 1 amide bonds. The lowest BCUT2D eigenvalue weighted by molar-refractivity contribution is -0.124. The number of nitrogens with one attached hydrogen (secondary N) is 2. The van der Waals surface area contributed by atoms with E-state index in [1.807, 2.05) is 12.1 Å². The third-order valence-electron chi connectivity index (χ3n) is 4.89. The lowest BCUT2D eigenvalue weighted by Gasteiger charge is -2.39. The molecule has 4 nitrogen and oxygen atoms in total. The van der Waals surface area contributed by atoms with Crippen molar-refractivity contribution in [1.82, 2.24) is 4.98 Å². The second-order valence-electron chi connectivity index (χ2n) is 6.26. The molecular weight excluding hydrogens is 293 g/mol. The molecule has 0 radical (unpaired) electrons. The van der Waals surface area contributed by atoms with Gasteiger partial charge in [-0.1, -0.05) is 6.42 Å². The maximum absolute atomic E-state index is 13.0. The van der Waals surface area contributed by atoms with Gasteiger partial charge in [0.15, 0.2) is 0 Å². The fourth-order valence-corrected chi connectivity index (χ4v) is 3.35. The number of pyridine rings is 1. The van der Waals surface area contributed by atoms with Crippen molar-refractivity contribution in [2.45, 2.75) is 31.1 Å². The topological polar surface area (TPSA) is 54.0 Å². The molecule has 0 bridgehead atoms. The van der Waals surface area contributed by atoms with E-state index in [-0.39, 0.29) is 11.7 Å². The van der Waals surface area contributed by atoms with Crippen LogP contribution in [0, 0.1) is 5.82 Å². The van der Waals surface area contributed by atoms with Crippen LogP contribution < -0.4 is 10.6 Å². The number of aromatic nitrogens is 1. The van der Waals surface area contributed by atoms with Crippen LogP contribution in [-0.2, 0) is 16.6 Å². The van der Waals surface area contributed by atoms with Gasteiger partial charge in [0.2, 0.25) is 5.91 Å². The Hall–Kier alpha value is -2.43. The summed E-state index contributed by atoms with van der Waals surface area (Å²) in [6, 6.07) is 9.85. The molecule has 5 heteroatoms. The molecule has 0 spiro atoms. The Morgan fingerprint density at radius 2 is 1.96 bits per heavy atom. The minimum absolute atomic E-state index is 0.0474. The second-order valence-corrected chi connectivity index (χ2v) is 6.26. The molecule has 0 unspecified atom stereocenters. The molecule has 1 aromatic heterocycles. The van der Waals surface area contributed by atoms with Crippen molar-refractivity contribution in [1.29, 1.82) is 0 Å². The molecule has 1 saturated carbocycles. The van der Waals surface area contributed by atoms with E-state index >= 15 is 0 Å². The highest BCUT2D eigenvalue weighted by Gasteiger charge is 2.47. The number of hydrogen-bond donors (Lipinski definition) is 2. The van der Waals surface area contributed by atoms with Gasteiger partial charge in [-0.25, -0.2) is 4.39 Å². The van der Waals surface area contributed by atoms with Crippen LogP contribution in [0.3, 0.4) is 0 Å². The smallest absolute Gasteiger partial charge is 0.236 e. The summed E-state index contributed by atoms with van der Waals surface area (Å²) in [4.78, 5) is 17.6. The number of halogens is 1. The first-order valence-electron chi connectivity index (χ1n) is 7.99. The SMILES string of the molecule is O=C(Nc1ccc(F)cc1)C1(c2ccc3c(n2)CCN3)CCC1. The minimum Gasteiger partial charge on any atom is -0.383 e. The maximum atomic E-state index is 13.0. The normalized spacial score (nSPS) is 17.8. The van der Waals surface area contributed by atoms with Gasteiger partial charge in [0.05, 0.1) is 22.5 Å². The molecule has 2 aromatic rings. The number of carbonyl (C=O) groups excluding carboxylic acids is 1. The minimum atomic E-state index is -0.550. The maximum Gasteiger partial charge on any atom is 0.236 e. The highest BCUT2D eigenvalue weighted by Crippen LogP contribution is 2.44. The van der Waals surface area contributed by atoms with Crippen LogP contribution in [0.25, 0.3) is 0 Å². The second kappa shape index (κ2) is 5.33. The fourth-order valence-electron chi connectivity index (χ4n) is 3.35. The van der Waals surface area contributed by atoms with Gasteiger partial charge in [-0.15, -0.1) is 0 Å². The molecule has 4 rings (SSSR count). The van der Waals surface area contributed by atoms with Gasteiger partial charge < -0.3 is 10.6 Å². The lowest BCUT2D eigenvalue weighted by Crippen LogP contribution is -2.46. The Bertz CT molecular complexity index is 753. The van der Waals surface area contributed by atoms with Crippen LogP contribution in [-0.4, -0.2) is 17.4 Å². The van der Waals surface area contributed by atoms with E-state index in [2.05, 4.69) is 10.6 Å². The Labute approximate surface area is 134 Å². The van der Waals surface area contributed by atoms with Crippen molar-refractivity contribution >= 4 is 17.3 Å². The van der Waals surface area contributed by atoms with Gasteiger partial charge >= 0.3 is 0 Å². The summed E-state index contributed by atoms with van der Waals surface area (Å²) in [5, 5.41) is 6.21. The zero-order valence-electron chi connectivity index (χ0n) is 12.7. The van der Waals surface area contributed by atoms with Crippen molar-refractivity contribution in [2.24, 2.45) is 0 Å². The van der Waals surface area contributed by atoms with Crippen LogP contribution >= 0.6 is 0 Å². The number of anilines is 2. The molecule has 2 heterocycles.